The maximum atomic E-state index is 12.9. The van der Waals surface area contributed by atoms with Crippen LogP contribution in [0.1, 0.15) is 39.0 Å². The Kier molecular flexibility index (Phi) is 7.92. The lowest BCUT2D eigenvalue weighted by Gasteiger charge is -2.40. The molecule has 1 N–H and O–H groups in total. The molecule has 1 heterocycles. The number of hydrogen-bond acceptors (Lipinski definition) is 4. The minimum atomic E-state index is -0.110. The Morgan fingerprint density at radius 3 is 2.45 bits per heavy atom. The van der Waals surface area contributed by atoms with Crippen molar-refractivity contribution in [1.29, 1.82) is 0 Å². The number of likely N-dealkylation sites (N-methyl/N-ethyl adjacent to an activating group) is 1. The molecule has 7 heteroatoms. The molecule has 0 aromatic heterocycles. The van der Waals surface area contributed by atoms with E-state index >= 15 is 0 Å². The van der Waals surface area contributed by atoms with Crippen molar-refractivity contribution in [3.63, 3.8) is 0 Å². The Hall–Kier alpha value is -1.63. The van der Waals surface area contributed by atoms with E-state index in [1.807, 2.05) is 31.0 Å². The number of carbonyl (C=O) groups excluding carboxylic acids is 2. The molecule has 160 valence electrons. The van der Waals surface area contributed by atoms with Gasteiger partial charge in [-0.2, -0.15) is 0 Å². The van der Waals surface area contributed by atoms with Crippen molar-refractivity contribution < 1.29 is 9.59 Å². The molecule has 29 heavy (non-hydrogen) atoms. The summed E-state index contributed by atoms with van der Waals surface area (Å²) < 4.78 is 0. The first-order chi connectivity index (χ1) is 14.0. The summed E-state index contributed by atoms with van der Waals surface area (Å²) in [5.74, 6) is 0.162. The molecule has 1 aromatic carbocycles. The van der Waals surface area contributed by atoms with E-state index in [0.717, 1.165) is 39.0 Å². The number of hydrogen-bond donors (Lipinski definition) is 1. The highest BCUT2D eigenvalue weighted by atomic mass is 35.5. The number of nitrogens with zero attached hydrogens (tertiary/aromatic N) is 3. The first-order valence-corrected chi connectivity index (χ1v) is 11.1. The standard InChI is InChI=1S/C22H33ClN4O2/c1-17(22(29)25(2)18-8-4-3-5-9-18)27-14-12-26(13-15-27)16-21(28)24-20-11-7-6-10-19(20)23/h6-7,10-11,17-18H,3-5,8-9,12-16H2,1-2H3,(H,24,28). The van der Waals surface area contributed by atoms with Gasteiger partial charge in [-0.15, -0.1) is 0 Å². The van der Waals surface area contributed by atoms with E-state index in [4.69, 9.17) is 11.6 Å². The molecule has 1 aliphatic carbocycles. The normalized spacial score (nSPS) is 20.2. The van der Waals surface area contributed by atoms with Gasteiger partial charge in [0.2, 0.25) is 11.8 Å². The summed E-state index contributed by atoms with van der Waals surface area (Å²) in [6, 6.07) is 7.54. The summed E-state index contributed by atoms with van der Waals surface area (Å²) in [6.07, 6.45) is 6.00. The summed E-state index contributed by atoms with van der Waals surface area (Å²) in [5.41, 5.74) is 0.641. The fraction of sp³-hybridized carbons (Fsp3) is 0.636. The number of rotatable bonds is 6. The van der Waals surface area contributed by atoms with Crippen LogP contribution < -0.4 is 5.32 Å². The van der Waals surface area contributed by atoms with Gasteiger partial charge in [-0.25, -0.2) is 0 Å². The van der Waals surface area contributed by atoms with Crippen LogP contribution in [0.2, 0.25) is 5.02 Å². The van der Waals surface area contributed by atoms with Crippen LogP contribution in [-0.4, -0.2) is 78.4 Å². The smallest absolute Gasteiger partial charge is 0.239 e. The van der Waals surface area contributed by atoms with Crippen molar-refractivity contribution in [2.75, 3.05) is 45.1 Å². The molecule has 1 atom stereocenters. The zero-order chi connectivity index (χ0) is 20.8. The van der Waals surface area contributed by atoms with Crippen LogP contribution in [0, 0.1) is 0 Å². The second kappa shape index (κ2) is 10.4. The quantitative estimate of drug-likeness (QED) is 0.768. The summed E-state index contributed by atoms with van der Waals surface area (Å²) in [7, 11) is 1.96. The number of para-hydroxylation sites is 1. The lowest BCUT2D eigenvalue weighted by Crippen LogP contribution is -2.56. The summed E-state index contributed by atoms with van der Waals surface area (Å²) in [4.78, 5) is 31.6. The van der Waals surface area contributed by atoms with Gasteiger partial charge in [-0.05, 0) is 31.9 Å². The molecule has 1 aromatic rings. The fourth-order valence-corrected chi connectivity index (χ4v) is 4.55. The predicted octanol–water partition coefficient (Wildman–Crippen LogP) is 3.08. The van der Waals surface area contributed by atoms with Gasteiger partial charge in [0.15, 0.2) is 0 Å². The van der Waals surface area contributed by atoms with Crippen LogP contribution in [0.4, 0.5) is 5.69 Å². The second-order valence-corrected chi connectivity index (χ2v) is 8.66. The Bertz CT molecular complexity index is 700. The van der Waals surface area contributed by atoms with Crippen LogP contribution in [0.15, 0.2) is 24.3 Å². The number of anilines is 1. The van der Waals surface area contributed by atoms with Crippen molar-refractivity contribution in [2.45, 2.75) is 51.1 Å². The third kappa shape index (κ3) is 5.93. The highest BCUT2D eigenvalue weighted by Crippen LogP contribution is 2.23. The average molecular weight is 421 g/mol. The Balaban J connectivity index is 1.44. The van der Waals surface area contributed by atoms with E-state index < -0.39 is 0 Å². The SMILES string of the molecule is CC(C(=O)N(C)C1CCCCC1)N1CCN(CC(=O)Nc2ccccc2Cl)CC1. The molecule has 2 amide bonds. The third-order valence-electron chi connectivity index (χ3n) is 6.30. The highest BCUT2D eigenvalue weighted by Gasteiger charge is 2.31. The largest absolute Gasteiger partial charge is 0.341 e. The van der Waals surface area contributed by atoms with Crippen molar-refractivity contribution in [3.05, 3.63) is 29.3 Å². The molecule has 0 spiro atoms. The van der Waals surface area contributed by atoms with Gasteiger partial charge in [0, 0.05) is 39.3 Å². The molecule has 1 unspecified atom stereocenters. The van der Waals surface area contributed by atoms with Gasteiger partial charge in [0.05, 0.1) is 23.3 Å². The maximum absolute atomic E-state index is 12.9. The molecule has 0 radical (unpaired) electrons. The van der Waals surface area contributed by atoms with Gasteiger partial charge in [-0.3, -0.25) is 19.4 Å². The first kappa shape index (κ1) is 22.1. The van der Waals surface area contributed by atoms with Crippen molar-refractivity contribution >= 4 is 29.1 Å². The van der Waals surface area contributed by atoms with Gasteiger partial charge < -0.3 is 10.2 Å². The maximum Gasteiger partial charge on any atom is 0.239 e. The van der Waals surface area contributed by atoms with Crippen LogP contribution in [-0.2, 0) is 9.59 Å². The zero-order valence-electron chi connectivity index (χ0n) is 17.6. The van der Waals surface area contributed by atoms with E-state index in [0.29, 0.717) is 23.3 Å². The molecule has 0 bridgehead atoms. The molecule has 2 fully saturated rings. The number of carbonyl (C=O) groups is 2. The lowest BCUT2D eigenvalue weighted by molar-refractivity contribution is -0.138. The minimum absolute atomic E-state index is 0.0623. The number of amides is 2. The van der Waals surface area contributed by atoms with E-state index in [2.05, 4.69) is 15.1 Å². The summed E-state index contributed by atoms with van der Waals surface area (Å²) >= 11 is 6.11. The van der Waals surface area contributed by atoms with E-state index in [1.165, 1.54) is 19.3 Å². The molecular formula is C22H33ClN4O2. The second-order valence-electron chi connectivity index (χ2n) is 8.26. The number of halogens is 1. The van der Waals surface area contributed by atoms with Crippen molar-refractivity contribution in [1.82, 2.24) is 14.7 Å². The molecule has 1 saturated heterocycles. The van der Waals surface area contributed by atoms with Gasteiger partial charge in [-0.1, -0.05) is 43.0 Å². The minimum Gasteiger partial charge on any atom is -0.341 e. The molecule has 3 rings (SSSR count). The van der Waals surface area contributed by atoms with Gasteiger partial charge >= 0.3 is 0 Å². The molecule has 2 aliphatic rings. The zero-order valence-corrected chi connectivity index (χ0v) is 18.3. The van der Waals surface area contributed by atoms with E-state index in [9.17, 15) is 9.59 Å². The van der Waals surface area contributed by atoms with Gasteiger partial charge in [0.25, 0.3) is 0 Å². The van der Waals surface area contributed by atoms with Crippen LogP contribution in [0.5, 0.6) is 0 Å². The third-order valence-corrected chi connectivity index (χ3v) is 6.63. The predicted molar refractivity (Wildman–Crippen MR) is 117 cm³/mol. The van der Waals surface area contributed by atoms with Crippen LogP contribution in [0.25, 0.3) is 0 Å². The average Bonchev–Trinajstić information content (AvgIpc) is 2.75. The Labute approximate surface area is 179 Å². The number of piperazine rings is 1. The van der Waals surface area contributed by atoms with Crippen molar-refractivity contribution in [2.24, 2.45) is 0 Å². The topological polar surface area (TPSA) is 55.9 Å². The van der Waals surface area contributed by atoms with Crippen LogP contribution >= 0.6 is 11.6 Å². The lowest BCUT2D eigenvalue weighted by atomic mass is 9.94. The molecular weight excluding hydrogens is 388 g/mol. The van der Waals surface area contributed by atoms with E-state index in [-0.39, 0.29) is 17.9 Å². The van der Waals surface area contributed by atoms with Crippen LogP contribution in [0.3, 0.4) is 0 Å². The molecule has 1 saturated carbocycles. The highest BCUT2D eigenvalue weighted by molar-refractivity contribution is 6.33. The fourth-order valence-electron chi connectivity index (χ4n) is 4.36. The molecule has 6 nitrogen and oxygen atoms in total. The Morgan fingerprint density at radius 1 is 1.14 bits per heavy atom. The van der Waals surface area contributed by atoms with Crippen molar-refractivity contribution in [3.8, 4) is 0 Å². The number of benzene rings is 1. The number of nitrogens with one attached hydrogen (secondary N) is 1. The first-order valence-electron chi connectivity index (χ1n) is 10.7. The van der Waals surface area contributed by atoms with E-state index in [1.54, 1.807) is 12.1 Å². The monoisotopic (exact) mass is 420 g/mol. The summed E-state index contributed by atoms with van der Waals surface area (Å²) in [5, 5.41) is 3.42. The molecule has 1 aliphatic heterocycles. The Morgan fingerprint density at radius 2 is 1.79 bits per heavy atom. The summed E-state index contributed by atoms with van der Waals surface area (Å²) in [6.45, 7) is 5.50. The van der Waals surface area contributed by atoms with Gasteiger partial charge in [0.1, 0.15) is 0 Å².